The zero-order valence-corrected chi connectivity index (χ0v) is 15.8. The highest BCUT2D eigenvalue weighted by molar-refractivity contribution is 8.00. The number of hydrogen-bond acceptors (Lipinski definition) is 3. The van der Waals surface area contributed by atoms with Crippen molar-refractivity contribution in [2.75, 3.05) is 12.8 Å². The molecule has 4 heteroatoms. The molecule has 1 fully saturated rings. The Morgan fingerprint density at radius 3 is 2.80 bits per heavy atom. The van der Waals surface area contributed by atoms with Gasteiger partial charge in [-0.25, -0.2) is 0 Å². The molecule has 132 valence electrons. The van der Waals surface area contributed by atoms with E-state index in [4.69, 9.17) is 4.98 Å². The lowest BCUT2D eigenvalue weighted by Gasteiger charge is -2.31. The van der Waals surface area contributed by atoms with Crippen LogP contribution in [0.4, 0.5) is 0 Å². The maximum Gasteiger partial charge on any atom is 0.232 e. The smallest absolute Gasteiger partial charge is 0.232 e. The minimum atomic E-state index is 0.268. The molecule has 0 bridgehead atoms. The molecule has 25 heavy (non-hydrogen) atoms. The van der Waals surface area contributed by atoms with Gasteiger partial charge in [-0.3, -0.25) is 9.78 Å². The number of para-hydroxylation sites is 1. The van der Waals surface area contributed by atoms with Crippen molar-refractivity contribution in [3.05, 3.63) is 35.5 Å². The average molecular weight is 355 g/mol. The van der Waals surface area contributed by atoms with Crippen molar-refractivity contribution in [1.82, 2.24) is 9.88 Å². The second-order valence-electron chi connectivity index (χ2n) is 7.32. The lowest BCUT2D eigenvalue weighted by Crippen LogP contribution is -2.39. The van der Waals surface area contributed by atoms with Crippen LogP contribution in [-0.2, 0) is 17.6 Å². The highest BCUT2D eigenvalue weighted by Crippen LogP contribution is 2.36. The fourth-order valence-corrected chi connectivity index (χ4v) is 5.43. The van der Waals surface area contributed by atoms with Gasteiger partial charge in [-0.1, -0.05) is 37.5 Å². The Morgan fingerprint density at radius 2 is 1.96 bits per heavy atom. The number of nitrogens with zero attached hydrogens (tertiary/aromatic N) is 2. The predicted octanol–water partition coefficient (Wildman–Crippen LogP) is 4.61. The third-order valence-corrected chi connectivity index (χ3v) is 6.87. The lowest BCUT2D eigenvalue weighted by atomic mass is 9.94. The Kier molecular flexibility index (Phi) is 4.98. The summed E-state index contributed by atoms with van der Waals surface area (Å²) in [7, 11) is 1.99. The van der Waals surface area contributed by atoms with Crippen LogP contribution in [0.15, 0.2) is 29.2 Å². The number of rotatable bonds is 4. The van der Waals surface area contributed by atoms with E-state index in [2.05, 4.69) is 18.2 Å². The van der Waals surface area contributed by atoms with Gasteiger partial charge >= 0.3 is 0 Å². The predicted molar refractivity (Wildman–Crippen MR) is 104 cm³/mol. The molecule has 3 nitrogen and oxygen atoms in total. The third kappa shape index (κ3) is 3.41. The van der Waals surface area contributed by atoms with Gasteiger partial charge in [-0.15, -0.1) is 11.8 Å². The first-order chi connectivity index (χ1) is 12.2. The number of carbonyl (C=O) groups excluding carboxylic acids is 1. The first-order valence-electron chi connectivity index (χ1n) is 9.53. The fourth-order valence-electron chi connectivity index (χ4n) is 4.24. The number of pyridine rings is 1. The van der Waals surface area contributed by atoms with E-state index in [-0.39, 0.29) is 5.91 Å². The molecule has 0 saturated heterocycles. The number of aromatic nitrogens is 1. The van der Waals surface area contributed by atoms with Crippen LogP contribution in [0.25, 0.3) is 10.9 Å². The van der Waals surface area contributed by atoms with Gasteiger partial charge < -0.3 is 4.90 Å². The molecule has 0 N–H and O–H groups in total. The van der Waals surface area contributed by atoms with Crippen molar-refractivity contribution in [1.29, 1.82) is 0 Å². The monoisotopic (exact) mass is 354 g/mol. The summed E-state index contributed by atoms with van der Waals surface area (Å²) in [6.45, 7) is 0. The minimum absolute atomic E-state index is 0.268. The highest BCUT2D eigenvalue weighted by atomic mass is 32.2. The van der Waals surface area contributed by atoms with E-state index in [1.807, 2.05) is 18.0 Å². The number of aryl methyl sites for hydroxylation is 1. The Bertz CT molecular complexity index is 783. The summed E-state index contributed by atoms with van der Waals surface area (Å²) in [4.78, 5) is 20.9. The number of hydrogen-bond donors (Lipinski definition) is 0. The van der Waals surface area contributed by atoms with Gasteiger partial charge in [0.2, 0.25) is 5.91 Å². The van der Waals surface area contributed by atoms with Crippen molar-refractivity contribution >= 4 is 28.6 Å². The largest absolute Gasteiger partial charge is 0.342 e. The molecule has 1 heterocycles. The van der Waals surface area contributed by atoms with Crippen molar-refractivity contribution in [3.63, 3.8) is 0 Å². The molecule has 0 atom stereocenters. The summed E-state index contributed by atoms with van der Waals surface area (Å²) in [5.41, 5.74) is 3.70. The first kappa shape index (κ1) is 16.9. The van der Waals surface area contributed by atoms with Crippen LogP contribution in [0.1, 0.15) is 49.8 Å². The topological polar surface area (TPSA) is 33.2 Å². The van der Waals surface area contributed by atoms with Crippen molar-refractivity contribution < 1.29 is 4.79 Å². The van der Waals surface area contributed by atoms with Crippen LogP contribution in [0.2, 0.25) is 0 Å². The summed E-state index contributed by atoms with van der Waals surface area (Å²) < 4.78 is 0. The van der Waals surface area contributed by atoms with Crippen molar-refractivity contribution in [3.8, 4) is 0 Å². The van der Waals surface area contributed by atoms with E-state index >= 15 is 0 Å². The Hall–Kier alpha value is -1.55. The van der Waals surface area contributed by atoms with Crippen LogP contribution in [0.3, 0.4) is 0 Å². The molecule has 0 radical (unpaired) electrons. The van der Waals surface area contributed by atoms with Gasteiger partial charge in [-0.2, -0.15) is 0 Å². The number of carbonyl (C=O) groups is 1. The van der Waals surface area contributed by atoms with E-state index in [0.29, 0.717) is 11.8 Å². The molecular formula is C21H26N2OS. The maximum atomic E-state index is 12.7. The van der Waals surface area contributed by atoms with Crippen molar-refractivity contribution in [2.45, 2.75) is 62.3 Å². The summed E-state index contributed by atoms with van der Waals surface area (Å²) in [5.74, 6) is 0.803. The molecule has 0 unspecified atom stereocenters. The highest BCUT2D eigenvalue weighted by Gasteiger charge is 2.24. The molecule has 0 spiro atoms. The van der Waals surface area contributed by atoms with E-state index < -0.39 is 0 Å². The number of fused-ring (bicyclic) bond motifs is 2. The maximum absolute atomic E-state index is 12.7. The van der Waals surface area contributed by atoms with Crippen LogP contribution in [0.5, 0.6) is 0 Å². The molecule has 0 aliphatic heterocycles. The molecule has 1 aromatic carbocycles. The molecule has 2 aliphatic rings. The van der Waals surface area contributed by atoms with Gasteiger partial charge in [-0.05, 0) is 43.7 Å². The van der Waals surface area contributed by atoms with Gasteiger partial charge in [0.15, 0.2) is 0 Å². The van der Waals surface area contributed by atoms with Gasteiger partial charge in [0.25, 0.3) is 0 Å². The summed E-state index contributed by atoms with van der Waals surface area (Å²) in [6.07, 6.45) is 9.53. The molecule has 1 amide bonds. The zero-order valence-electron chi connectivity index (χ0n) is 15.0. The molecular weight excluding hydrogens is 328 g/mol. The number of benzene rings is 1. The lowest BCUT2D eigenvalue weighted by molar-refractivity contribution is -0.129. The van der Waals surface area contributed by atoms with Crippen LogP contribution >= 0.6 is 11.8 Å². The summed E-state index contributed by atoms with van der Waals surface area (Å²) in [5, 5.41) is 1.21. The Labute approximate surface area is 154 Å². The van der Waals surface area contributed by atoms with E-state index in [1.54, 1.807) is 11.8 Å². The number of amides is 1. The van der Waals surface area contributed by atoms with Crippen LogP contribution in [-0.4, -0.2) is 34.6 Å². The third-order valence-electron chi connectivity index (χ3n) is 5.72. The Morgan fingerprint density at radius 1 is 1.16 bits per heavy atom. The van der Waals surface area contributed by atoms with Gasteiger partial charge in [0.05, 0.1) is 11.3 Å². The molecule has 1 aromatic heterocycles. The number of thioether (sulfide) groups is 1. The second-order valence-corrected chi connectivity index (χ2v) is 8.31. The standard InChI is InChI=1S/C21H26N2OS/c1-23(15-8-3-2-4-9-15)20(24)14-25-21-16-10-5-6-12-18(16)22-19-13-7-11-17(19)21/h5-6,10,12,15H,2-4,7-9,11,13-14H2,1H3. The summed E-state index contributed by atoms with van der Waals surface area (Å²) in [6, 6.07) is 8.81. The molecule has 2 aromatic rings. The first-order valence-corrected chi connectivity index (χ1v) is 10.5. The quantitative estimate of drug-likeness (QED) is 0.752. The van der Waals surface area contributed by atoms with E-state index in [9.17, 15) is 4.79 Å². The summed E-state index contributed by atoms with van der Waals surface area (Å²) >= 11 is 1.72. The van der Waals surface area contributed by atoms with Crippen LogP contribution < -0.4 is 0 Å². The zero-order chi connectivity index (χ0) is 17.2. The van der Waals surface area contributed by atoms with Gasteiger partial charge in [0, 0.05) is 29.1 Å². The van der Waals surface area contributed by atoms with Crippen molar-refractivity contribution in [2.24, 2.45) is 0 Å². The Balaban J connectivity index is 1.53. The van der Waals surface area contributed by atoms with Crippen LogP contribution in [0, 0.1) is 0 Å². The van der Waals surface area contributed by atoms with E-state index in [0.717, 1.165) is 18.4 Å². The van der Waals surface area contributed by atoms with E-state index in [1.165, 1.54) is 60.1 Å². The molecule has 1 saturated carbocycles. The minimum Gasteiger partial charge on any atom is -0.342 e. The molecule has 4 rings (SSSR count). The SMILES string of the molecule is CN(C(=O)CSc1c2c(nc3ccccc13)CCC2)C1CCCCC1. The average Bonchev–Trinajstić information content (AvgIpc) is 3.13. The normalized spacial score (nSPS) is 17.6. The fraction of sp³-hybridized carbons (Fsp3) is 0.524. The van der Waals surface area contributed by atoms with Gasteiger partial charge in [0.1, 0.15) is 0 Å². The molecule has 2 aliphatic carbocycles. The second kappa shape index (κ2) is 7.36.